The number of rotatable bonds is 6. The summed E-state index contributed by atoms with van der Waals surface area (Å²) in [6.07, 6.45) is 9.11. The van der Waals surface area contributed by atoms with Gasteiger partial charge in [-0.25, -0.2) is 0 Å². The van der Waals surface area contributed by atoms with Gasteiger partial charge in [-0.3, -0.25) is 19.8 Å². The van der Waals surface area contributed by atoms with E-state index in [1.807, 2.05) is 6.20 Å². The van der Waals surface area contributed by atoms with Crippen molar-refractivity contribution in [1.29, 1.82) is 0 Å². The van der Waals surface area contributed by atoms with E-state index in [4.69, 9.17) is 4.74 Å². The summed E-state index contributed by atoms with van der Waals surface area (Å²) >= 11 is 0. The van der Waals surface area contributed by atoms with Gasteiger partial charge < -0.3 is 4.74 Å². The lowest BCUT2D eigenvalue weighted by molar-refractivity contribution is 0.0903. The molecule has 0 spiro atoms. The minimum atomic E-state index is 0.327. The number of aryl methyl sites for hydroxylation is 2. The van der Waals surface area contributed by atoms with Crippen LogP contribution in [0.1, 0.15) is 36.2 Å². The highest BCUT2D eigenvalue weighted by Gasteiger charge is 2.22. The van der Waals surface area contributed by atoms with Gasteiger partial charge in [-0.15, -0.1) is 0 Å². The van der Waals surface area contributed by atoms with Crippen LogP contribution in [-0.2, 0) is 12.8 Å². The molecule has 1 atom stereocenters. The Morgan fingerprint density at radius 3 is 2.73 bits per heavy atom. The maximum atomic E-state index is 6.00. The van der Waals surface area contributed by atoms with E-state index in [-0.39, 0.29) is 0 Å². The molecule has 2 heterocycles. The van der Waals surface area contributed by atoms with Crippen molar-refractivity contribution in [1.82, 2.24) is 19.8 Å². The lowest BCUT2D eigenvalue weighted by Crippen LogP contribution is -2.48. The number of aromatic nitrogens is 2. The predicted octanol–water partition coefficient (Wildman–Crippen LogP) is 2.72. The summed E-state index contributed by atoms with van der Waals surface area (Å²) in [6.45, 7) is 8.27. The van der Waals surface area contributed by atoms with Crippen LogP contribution >= 0.6 is 0 Å². The maximum Gasteiger partial charge on any atom is 0.119 e. The summed E-state index contributed by atoms with van der Waals surface area (Å²) in [5.74, 6) is 1.03. The normalized spacial score (nSPS) is 19.3. The molecular weight excluding hydrogens is 324 g/mol. The minimum Gasteiger partial charge on any atom is -0.492 e. The molecule has 26 heavy (non-hydrogen) atoms. The van der Waals surface area contributed by atoms with Crippen molar-refractivity contribution in [2.45, 2.75) is 32.2 Å². The molecule has 4 rings (SSSR count). The number of hydrogen-bond acceptors (Lipinski definition) is 5. The SMILES string of the molecule is C[C@H](c1cnccn1)N1CCN(CCOc2ccc3c(c2)CCC3)CC1. The molecule has 0 N–H and O–H groups in total. The molecule has 0 bridgehead atoms. The first-order chi connectivity index (χ1) is 12.8. The van der Waals surface area contributed by atoms with Crippen LogP contribution in [0.4, 0.5) is 0 Å². The molecule has 0 amide bonds. The number of ether oxygens (including phenoxy) is 1. The topological polar surface area (TPSA) is 41.5 Å². The molecule has 0 unspecified atom stereocenters. The van der Waals surface area contributed by atoms with E-state index in [9.17, 15) is 0 Å². The Labute approximate surface area is 156 Å². The molecule has 1 aliphatic heterocycles. The third-order valence-electron chi connectivity index (χ3n) is 5.71. The number of piperazine rings is 1. The average Bonchev–Trinajstić information content (AvgIpc) is 3.16. The smallest absolute Gasteiger partial charge is 0.119 e. The van der Waals surface area contributed by atoms with Crippen molar-refractivity contribution in [3.63, 3.8) is 0 Å². The first kappa shape index (κ1) is 17.4. The second-order valence-electron chi connectivity index (χ2n) is 7.32. The third kappa shape index (κ3) is 4.05. The van der Waals surface area contributed by atoms with Crippen molar-refractivity contribution >= 4 is 0 Å². The fourth-order valence-electron chi connectivity index (χ4n) is 4.02. The Kier molecular flexibility index (Phi) is 5.46. The van der Waals surface area contributed by atoms with Crippen LogP contribution in [0.3, 0.4) is 0 Å². The molecule has 0 radical (unpaired) electrons. The molecule has 0 saturated carbocycles. The third-order valence-corrected chi connectivity index (χ3v) is 5.71. The van der Waals surface area contributed by atoms with E-state index < -0.39 is 0 Å². The van der Waals surface area contributed by atoms with E-state index in [0.29, 0.717) is 6.04 Å². The summed E-state index contributed by atoms with van der Waals surface area (Å²) in [4.78, 5) is 13.6. The molecule has 5 heteroatoms. The lowest BCUT2D eigenvalue weighted by atomic mass is 10.1. The van der Waals surface area contributed by atoms with Gasteiger partial charge in [-0.2, -0.15) is 0 Å². The van der Waals surface area contributed by atoms with Crippen LogP contribution in [0.15, 0.2) is 36.8 Å². The largest absolute Gasteiger partial charge is 0.492 e. The van der Waals surface area contributed by atoms with Crippen LogP contribution in [0.5, 0.6) is 5.75 Å². The Morgan fingerprint density at radius 2 is 1.92 bits per heavy atom. The summed E-state index contributed by atoms with van der Waals surface area (Å²) in [5, 5.41) is 0. The first-order valence-electron chi connectivity index (χ1n) is 9.76. The number of hydrogen-bond donors (Lipinski definition) is 0. The fourth-order valence-corrected chi connectivity index (χ4v) is 4.02. The van der Waals surface area contributed by atoms with E-state index >= 15 is 0 Å². The molecule has 138 valence electrons. The van der Waals surface area contributed by atoms with Gasteiger partial charge in [0.15, 0.2) is 0 Å². The van der Waals surface area contributed by atoms with E-state index in [2.05, 4.69) is 44.9 Å². The highest BCUT2D eigenvalue weighted by molar-refractivity contribution is 5.38. The highest BCUT2D eigenvalue weighted by atomic mass is 16.5. The molecule has 2 aliphatic rings. The van der Waals surface area contributed by atoms with Crippen molar-refractivity contribution in [3.8, 4) is 5.75 Å². The monoisotopic (exact) mass is 352 g/mol. The van der Waals surface area contributed by atoms with Crippen molar-refractivity contribution in [2.75, 3.05) is 39.3 Å². The summed E-state index contributed by atoms with van der Waals surface area (Å²) in [7, 11) is 0. The summed E-state index contributed by atoms with van der Waals surface area (Å²) in [6, 6.07) is 6.94. The second kappa shape index (κ2) is 8.14. The van der Waals surface area contributed by atoms with Crippen LogP contribution in [0.25, 0.3) is 0 Å². The molecule has 5 nitrogen and oxygen atoms in total. The zero-order valence-corrected chi connectivity index (χ0v) is 15.6. The predicted molar refractivity (Wildman–Crippen MR) is 102 cm³/mol. The van der Waals surface area contributed by atoms with Gasteiger partial charge in [0.25, 0.3) is 0 Å². The summed E-state index contributed by atoms with van der Waals surface area (Å²) in [5.41, 5.74) is 4.04. The van der Waals surface area contributed by atoms with Crippen molar-refractivity contribution in [3.05, 3.63) is 53.6 Å². The Balaban J connectivity index is 1.21. The minimum absolute atomic E-state index is 0.327. The number of nitrogens with zero attached hydrogens (tertiary/aromatic N) is 4. The molecule has 1 fully saturated rings. The fraction of sp³-hybridized carbons (Fsp3) is 0.524. The van der Waals surface area contributed by atoms with Crippen LogP contribution in [-0.4, -0.2) is 59.1 Å². The van der Waals surface area contributed by atoms with Gasteiger partial charge in [0, 0.05) is 51.3 Å². The van der Waals surface area contributed by atoms with Crippen LogP contribution < -0.4 is 4.74 Å². The van der Waals surface area contributed by atoms with Gasteiger partial charge >= 0.3 is 0 Å². The van der Waals surface area contributed by atoms with Crippen LogP contribution in [0.2, 0.25) is 0 Å². The second-order valence-corrected chi connectivity index (χ2v) is 7.32. The quantitative estimate of drug-likeness (QED) is 0.800. The first-order valence-corrected chi connectivity index (χ1v) is 9.76. The van der Waals surface area contributed by atoms with Crippen LogP contribution in [0, 0.1) is 0 Å². The maximum absolute atomic E-state index is 6.00. The van der Waals surface area contributed by atoms with Gasteiger partial charge in [0.2, 0.25) is 0 Å². The van der Waals surface area contributed by atoms with Crippen molar-refractivity contribution in [2.24, 2.45) is 0 Å². The number of benzene rings is 1. The van der Waals surface area contributed by atoms with Gasteiger partial charge in [0.1, 0.15) is 12.4 Å². The molecular formula is C21H28N4O. The van der Waals surface area contributed by atoms with Crippen molar-refractivity contribution < 1.29 is 4.74 Å². The molecule has 2 aromatic rings. The zero-order valence-electron chi connectivity index (χ0n) is 15.6. The number of fused-ring (bicyclic) bond motifs is 1. The highest BCUT2D eigenvalue weighted by Crippen LogP contribution is 2.26. The Morgan fingerprint density at radius 1 is 1.08 bits per heavy atom. The standard InChI is InChI=1S/C21H28N4O/c1-17(21-16-22-7-8-23-21)25-11-9-24(10-12-25)13-14-26-20-6-5-18-3-2-4-19(18)15-20/h5-8,15-17H,2-4,9-14H2,1H3/t17-/m1/s1. The van der Waals surface area contributed by atoms with E-state index in [1.165, 1.54) is 30.4 Å². The Hall–Kier alpha value is -1.98. The Bertz CT molecular complexity index is 713. The molecule has 1 saturated heterocycles. The molecule has 1 aromatic carbocycles. The molecule has 1 aromatic heterocycles. The average molecular weight is 352 g/mol. The lowest BCUT2D eigenvalue weighted by Gasteiger charge is -2.37. The van der Waals surface area contributed by atoms with E-state index in [1.54, 1.807) is 12.4 Å². The molecule has 1 aliphatic carbocycles. The summed E-state index contributed by atoms with van der Waals surface area (Å²) < 4.78 is 6.00. The van der Waals surface area contributed by atoms with Gasteiger partial charge in [-0.05, 0) is 49.4 Å². The van der Waals surface area contributed by atoms with Gasteiger partial charge in [0.05, 0.1) is 11.7 Å². The van der Waals surface area contributed by atoms with E-state index in [0.717, 1.165) is 50.8 Å². The zero-order chi connectivity index (χ0) is 17.8. The van der Waals surface area contributed by atoms with Gasteiger partial charge in [-0.1, -0.05) is 6.07 Å².